The zero-order valence-electron chi connectivity index (χ0n) is 14.8. The van der Waals surface area contributed by atoms with Crippen LogP contribution >= 0.6 is 0 Å². The van der Waals surface area contributed by atoms with Crippen molar-refractivity contribution in [2.24, 2.45) is 0 Å². The molecule has 0 atom stereocenters. The van der Waals surface area contributed by atoms with E-state index in [9.17, 15) is 0 Å². The maximum Gasteiger partial charge on any atom is 0.124 e. The van der Waals surface area contributed by atoms with E-state index < -0.39 is 0 Å². The molecule has 23 heavy (non-hydrogen) atoms. The second-order valence-corrected chi connectivity index (χ2v) is 7.09. The van der Waals surface area contributed by atoms with Gasteiger partial charge in [-0.25, -0.2) is 0 Å². The lowest BCUT2D eigenvalue weighted by molar-refractivity contribution is 0.153. The standard InChI is InChI=1S/C19H31N3O/c1-15(2)18-5-4-17(14-19(18)23-3)22-12-10-21(11-13-22)16-6-8-20-9-7-16/h4-5,14-16,20H,6-13H2,1-3H3. The van der Waals surface area contributed by atoms with Crippen molar-refractivity contribution in [1.29, 1.82) is 0 Å². The first-order valence-electron chi connectivity index (χ1n) is 9.06. The van der Waals surface area contributed by atoms with Crippen LogP contribution in [0.3, 0.4) is 0 Å². The van der Waals surface area contributed by atoms with E-state index in [1.807, 2.05) is 0 Å². The first-order chi connectivity index (χ1) is 11.2. The Labute approximate surface area is 140 Å². The molecule has 2 saturated heterocycles. The van der Waals surface area contributed by atoms with Crippen LogP contribution in [-0.2, 0) is 0 Å². The van der Waals surface area contributed by atoms with Gasteiger partial charge in [-0.2, -0.15) is 0 Å². The Balaban J connectivity index is 1.63. The number of rotatable bonds is 4. The third kappa shape index (κ3) is 3.81. The summed E-state index contributed by atoms with van der Waals surface area (Å²) in [5, 5.41) is 3.46. The van der Waals surface area contributed by atoms with E-state index in [-0.39, 0.29) is 0 Å². The fourth-order valence-corrected chi connectivity index (χ4v) is 3.89. The third-order valence-corrected chi connectivity index (χ3v) is 5.34. The SMILES string of the molecule is COc1cc(N2CCN(C3CCNCC3)CC2)ccc1C(C)C. The number of anilines is 1. The Bertz CT molecular complexity index is 503. The molecule has 0 aromatic heterocycles. The normalized spacial score (nSPS) is 21.0. The molecule has 0 aliphatic carbocycles. The lowest BCUT2D eigenvalue weighted by Gasteiger charge is -2.41. The Morgan fingerprint density at radius 3 is 2.39 bits per heavy atom. The molecule has 1 N–H and O–H groups in total. The molecule has 2 fully saturated rings. The number of piperidine rings is 1. The number of nitrogens with one attached hydrogen (secondary N) is 1. The molecule has 0 unspecified atom stereocenters. The van der Waals surface area contributed by atoms with Crippen LogP contribution in [0, 0.1) is 0 Å². The summed E-state index contributed by atoms with van der Waals surface area (Å²) in [5.41, 5.74) is 2.60. The number of piperazine rings is 1. The van der Waals surface area contributed by atoms with Crippen LogP contribution in [-0.4, -0.2) is 57.3 Å². The Hall–Kier alpha value is -1.26. The third-order valence-electron chi connectivity index (χ3n) is 5.34. The van der Waals surface area contributed by atoms with Crippen molar-refractivity contribution in [2.45, 2.75) is 38.6 Å². The minimum atomic E-state index is 0.496. The number of hydrogen-bond donors (Lipinski definition) is 1. The number of ether oxygens (including phenoxy) is 1. The van der Waals surface area contributed by atoms with Crippen LogP contribution in [0.4, 0.5) is 5.69 Å². The summed E-state index contributed by atoms with van der Waals surface area (Å²) in [6.45, 7) is 11.4. The highest BCUT2D eigenvalue weighted by Crippen LogP contribution is 2.31. The van der Waals surface area contributed by atoms with Crippen molar-refractivity contribution in [3.8, 4) is 5.75 Å². The van der Waals surface area contributed by atoms with E-state index in [1.165, 1.54) is 50.3 Å². The van der Waals surface area contributed by atoms with Gasteiger partial charge in [0.25, 0.3) is 0 Å². The van der Waals surface area contributed by atoms with Crippen molar-refractivity contribution in [2.75, 3.05) is 51.3 Å². The van der Waals surface area contributed by atoms with Crippen LogP contribution in [0.2, 0.25) is 0 Å². The molecule has 0 bridgehead atoms. The summed E-state index contributed by atoms with van der Waals surface area (Å²) in [6.07, 6.45) is 2.60. The monoisotopic (exact) mass is 317 g/mol. The quantitative estimate of drug-likeness (QED) is 0.924. The molecule has 3 rings (SSSR count). The van der Waals surface area contributed by atoms with Gasteiger partial charge in [0.1, 0.15) is 5.75 Å². The summed E-state index contributed by atoms with van der Waals surface area (Å²) in [7, 11) is 1.78. The first-order valence-corrected chi connectivity index (χ1v) is 9.06. The number of benzene rings is 1. The molecule has 1 aromatic carbocycles. The molecular weight excluding hydrogens is 286 g/mol. The maximum absolute atomic E-state index is 5.61. The lowest BCUT2D eigenvalue weighted by atomic mass is 10.0. The molecular formula is C19H31N3O. The van der Waals surface area contributed by atoms with E-state index in [2.05, 4.69) is 47.2 Å². The molecule has 128 valence electrons. The lowest BCUT2D eigenvalue weighted by Crippen LogP contribution is -2.52. The Kier molecular flexibility index (Phi) is 5.44. The molecule has 0 amide bonds. The number of nitrogens with zero attached hydrogens (tertiary/aromatic N) is 2. The van der Waals surface area contributed by atoms with E-state index >= 15 is 0 Å². The van der Waals surface area contributed by atoms with E-state index in [0.717, 1.165) is 24.9 Å². The van der Waals surface area contributed by atoms with Crippen LogP contribution in [0.25, 0.3) is 0 Å². The summed E-state index contributed by atoms with van der Waals surface area (Å²) in [4.78, 5) is 5.20. The van der Waals surface area contributed by atoms with Gasteiger partial charge in [0.15, 0.2) is 0 Å². The average Bonchev–Trinajstić information content (AvgIpc) is 2.62. The van der Waals surface area contributed by atoms with E-state index in [1.54, 1.807) is 7.11 Å². The minimum Gasteiger partial charge on any atom is -0.496 e. The molecule has 0 spiro atoms. The Morgan fingerprint density at radius 1 is 1.09 bits per heavy atom. The fraction of sp³-hybridized carbons (Fsp3) is 0.684. The van der Waals surface area contributed by atoms with Gasteiger partial charge < -0.3 is 15.0 Å². The number of hydrogen-bond acceptors (Lipinski definition) is 4. The molecule has 2 heterocycles. The predicted molar refractivity (Wildman–Crippen MR) is 96.8 cm³/mol. The van der Waals surface area contributed by atoms with Crippen LogP contribution in [0.5, 0.6) is 5.75 Å². The van der Waals surface area contributed by atoms with Gasteiger partial charge in [-0.15, -0.1) is 0 Å². The predicted octanol–water partition coefficient (Wildman–Crippen LogP) is 2.69. The molecule has 1 aromatic rings. The zero-order chi connectivity index (χ0) is 16.2. The van der Waals surface area contributed by atoms with Gasteiger partial charge in [-0.1, -0.05) is 19.9 Å². The van der Waals surface area contributed by atoms with E-state index in [0.29, 0.717) is 5.92 Å². The van der Waals surface area contributed by atoms with Crippen molar-refractivity contribution < 1.29 is 4.74 Å². The highest BCUT2D eigenvalue weighted by Gasteiger charge is 2.25. The maximum atomic E-state index is 5.61. The molecule has 0 radical (unpaired) electrons. The van der Waals surface area contributed by atoms with Crippen LogP contribution < -0.4 is 15.0 Å². The van der Waals surface area contributed by atoms with Crippen LogP contribution in [0.15, 0.2) is 18.2 Å². The molecule has 0 saturated carbocycles. The van der Waals surface area contributed by atoms with E-state index in [4.69, 9.17) is 4.74 Å². The molecule has 2 aliphatic rings. The van der Waals surface area contributed by atoms with Gasteiger partial charge in [0.05, 0.1) is 7.11 Å². The average molecular weight is 317 g/mol. The van der Waals surface area contributed by atoms with Gasteiger partial charge in [0.2, 0.25) is 0 Å². The van der Waals surface area contributed by atoms with Gasteiger partial charge in [-0.05, 0) is 43.5 Å². The fourth-order valence-electron chi connectivity index (χ4n) is 3.89. The second-order valence-electron chi connectivity index (χ2n) is 7.09. The summed E-state index contributed by atoms with van der Waals surface area (Å²) >= 11 is 0. The zero-order valence-corrected chi connectivity index (χ0v) is 14.8. The van der Waals surface area contributed by atoms with Crippen molar-refractivity contribution in [3.63, 3.8) is 0 Å². The van der Waals surface area contributed by atoms with Crippen molar-refractivity contribution in [1.82, 2.24) is 10.2 Å². The molecule has 2 aliphatic heterocycles. The summed E-state index contributed by atoms with van der Waals surface area (Å²) in [6, 6.07) is 7.50. The Morgan fingerprint density at radius 2 is 1.78 bits per heavy atom. The highest BCUT2D eigenvalue weighted by atomic mass is 16.5. The number of methoxy groups -OCH3 is 1. The first kappa shape index (κ1) is 16.6. The van der Waals surface area contributed by atoms with Gasteiger partial charge in [0, 0.05) is 44.0 Å². The topological polar surface area (TPSA) is 27.7 Å². The second kappa shape index (κ2) is 7.54. The largest absolute Gasteiger partial charge is 0.496 e. The van der Waals surface area contributed by atoms with Gasteiger partial charge in [-0.3, -0.25) is 4.90 Å². The van der Waals surface area contributed by atoms with Crippen molar-refractivity contribution >= 4 is 5.69 Å². The molecule has 4 heteroatoms. The highest BCUT2D eigenvalue weighted by molar-refractivity contribution is 5.55. The minimum absolute atomic E-state index is 0.496. The summed E-state index contributed by atoms with van der Waals surface area (Å²) in [5.74, 6) is 1.52. The van der Waals surface area contributed by atoms with Crippen molar-refractivity contribution in [3.05, 3.63) is 23.8 Å². The smallest absolute Gasteiger partial charge is 0.124 e. The molecule has 4 nitrogen and oxygen atoms in total. The van der Waals surface area contributed by atoms with Gasteiger partial charge >= 0.3 is 0 Å². The van der Waals surface area contributed by atoms with Crippen LogP contribution in [0.1, 0.15) is 38.2 Å². The summed E-state index contributed by atoms with van der Waals surface area (Å²) < 4.78 is 5.61.